The first-order valence-electron chi connectivity index (χ1n) is 1.87. The van der Waals surface area contributed by atoms with Crippen LogP contribution in [0.15, 0.2) is 24.5 Å². The molecule has 0 atom stereocenters. The molecule has 0 aliphatic rings. The number of aromatic nitrogens is 1. The van der Waals surface area contributed by atoms with Gasteiger partial charge in [0.1, 0.15) is 0 Å². The molecule has 1 aromatic rings. The average Bonchev–Trinajstić information content (AvgIpc) is 2.23. The molecule has 1 N–H and O–H groups in total. The van der Waals surface area contributed by atoms with Crippen LogP contribution in [0.3, 0.4) is 0 Å². The van der Waals surface area contributed by atoms with Gasteiger partial charge in [0.2, 0.25) is 0 Å². The predicted molar refractivity (Wildman–Crippen MR) is 21.5 cm³/mol. The van der Waals surface area contributed by atoms with E-state index in [1.807, 2.05) is 24.5 Å². The Morgan fingerprint density at radius 3 is 1.71 bits per heavy atom. The van der Waals surface area contributed by atoms with Crippen LogP contribution in [-0.4, -0.2) is 4.98 Å². The van der Waals surface area contributed by atoms with Gasteiger partial charge in [0.05, 0.1) is 0 Å². The van der Waals surface area contributed by atoms with Crippen LogP contribution in [0.2, 0.25) is 0 Å². The molecule has 34 valence electrons. The van der Waals surface area contributed by atoms with Gasteiger partial charge in [-0.3, -0.25) is 0 Å². The van der Waals surface area contributed by atoms with E-state index in [-0.39, 0.29) is 18.3 Å². The summed E-state index contributed by atoms with van der Waals surface area (Å²) in [4.78, 5) is 2.86. The van der Waals surface area contributed by atoms with E-state index in [9.17, 15) is 0 Å². The second kappa shape index (κ2) is 5.70. The second-order valence-corrected chi connectivity index (χ2v) is 0.885. The van der Waals surface area contributed by atoms with Crippen molar-refractivity contribution in [1.29, 1.82) is 0 Å². The Morgan fingerprint density at radius 2 is 1.57 bits per heavy atom. The van der Waals surface area contributed by atoms with Crippen molar-refractivity contribution in [2.75, 3.05) is 0 Å². The molecule has 0 spiro atoms. The molecule has 0 bridgehead atoms. The number of hydrogen-bond acceptors (Lipinski definition) is 1. The summed E-state index contributed by atoms with van der Waals surface area (Å²) in [5, 5.41) is 0. The number of H-pyrrole nitrogens is 1. The average molecular weight is 148 g/mol. The van der Waals surface area contributed by atoms with Gasteiger partial charge in [-0.25, -0.2) is 0 Å². The summed E-state index contributed by atoms with van der Waals surface area (Å²) in [5.74, 6) is 0. The molecule has 1 aromatic heterocycles. The van der Waals surface area contributed by atoms with Crippen molar-refractivity contribution in [1.82, 2.24) is 4.98 Å². The van der Waals surface area contributed by atoms with Gasteiger partial charge in [0.15, 0.2) is 0 Å². The van der Waals surface area contributed by atoms with E-state index < -0.39 is 0 Å². The Balaban J connectivity index is 0.000000162. The van der Waals surface area contributed by atoms with E-state index in [1.165, 1.54) is 0 Å². The molecule has 1 heterocycles. The molecule has 0 aliphatic carbocycles. The molecule has 0 amide bonds. The van der Waals surface area contributed by atoms with E-state index in [0.717, 1.165) is 0 Å². The van der Waals surface area contributed by atoms with Gasteiger partial charge in [-0.15, -0.1) is 0 Å². The van der Waals surface area contributed by atoms with Crippen LogP contribution in [0.25, 0.3) is 0 Å². The molecule has 0 aromatic carbocycles. The van der Waals surface area contributed by atoms with Crippen LogP contribution < -0.4 is 0 Å². The van der Waals surface area contributed by atoms with Crippen LogP contribution in [0.5, 0.6) is 0 Å². The van der Waals surface area contributed by atoms with Crippen LogP contribution in [-0.2, 0) is 21.8 Å². The number of hydrogen-bond donors (Lipinski definition) is 1. The molecule has 0 unspecified atom stereocenters. The van der Waals surface area contributed by atoms with Gasteiger partial charge in [-0.1, -0.05) is 0 Å². The van der Waals surface area contributed by atoms with E-state index in [1.54, 1.807) is 0 Å². The Hall–Kier alpha value is -0.297. The fraction of sp³-hybridized carbons (Fsp3) is 0. The monoisotopic (exact) mass is 147 g/mol. The molecular weight excluding hydrogens is 143 g/mol. The molecule has 1 rings (SSSR count). The first kappa shape index (κ1) is 6.70. The molecule has 0 fully saturated rings. The Morgan fingerprint density at radius 1 is 1.14 bits per heavy atom. The number of aromatic amines is 1. The summed E-state index contributed by atoms with van der Waals surface area (Å²) in [7, 11) is 0. The summed E-state index contributed by atoms with van der Waals surface area (Å²) < 4.78 is 8.38. The normalized spacial score (nSPS) is 6.57. The van der Waals surface area contributed by atoms with Crippen molar-refractivity contribution in [3.05, 3.63) is 24.5 Å². The first-order chi connectivity index (χ1) is 3.50. The summed E-state index contributed by atoms with van der Waals surface area (Å²) in [6.45, 7) is 0. The largest absolute Gasteiger partial charge is 0.368 e. The molecule has 3 heteroatoms. The molecular formula is C4H5NOZn. The van der Waals surface area contributed by atoms with Crippen LogP contribution in [0, 0.1) is 0 Å². The van der Waals surface area contributed by atoms with Crippen molar-refractivity contribution < 1.29 is 21.8 Å². The first-order valence-corrected chi connectivity index (χ1v) is 3.08. The Kier molecular flexibility index (Phi) is 5.46. The maximum atomic E-state index is 8.38. The van der Waals surface area contributed by atoms with E-state index >= 15 is 0 Å². The molecule has 7 heavy (non-hydrogen) atoms. The zero-order valence-corrected chi connectivity index (χ0v) is 6.89. The third-order valence-corrected chi connectivity index (χ3v) is 0.496. The standard InChI is InChI=1S/C4H5N.O.Zn/c1-2-4-5-3-1;;/h1-5H;;. The maximum absolute atomic E-state index is 8.38. The maximum Gasteiger partial charge on any atom is 0.000496 e. The molecule has 0 saturated heterocycles. The van der Waals surface area contributed by atoms with Crippen molar-refractivity contribution in [2.45, 2.75) is 0 Å². The van der Waals surface area contributed by atoms with Gasteiger partial charge in [-0.2, -0.15) is 0 Å². The minimum atomic E-state index is 0.125. The minimum absolute atomic E-state index is 0.125. The summed E-state index contributed by atoms with van der Waals surface area (Å²) in [5.41, 5.74) is 0. The smallest absolute Gasteiger partial charge is 0.000496 e. The SMILES string of the molecule is [O]=[Zn].c1cc[nH]c1. The zero-order chi connectivity index (χ0) is 5.54. The van der Waals surface area contributed by atoms with Gasteiger partial charge < -0.3 is 4.98 Å². The van der Waals surface area contributed by atoms with Gasteiger partial charge in [0.25, 0.3) is 0 Å². The van der Waals surface area contributed by atoms with Crippen LogP contribution in [0.1, 0.15) is 0 Å². The predicted octanol–water partition coefficient (Wildman–Crippen LogP) is 0.893. The van der Waals surface area contributed by atoms with Gasteiger partial charge >= 0.3 is 21.8 Å². The van der Waals surface area contributed by atoms with Crippen molar-refractivity contribution in [3.63, 3.8) is 0 Å². The third-order valence-electron chi connectivity index (χ3n) is 0.496. The fourth-order valence-electron chi connectivity index (χ4n) is 0.278. The Bertz CT molecular complexity index is 78.6. The number of rotatable bonds is 0. The summed E-state index contributed by atoms with van der Waals surface area (Å²) in [6.07, 6.45) is 3.75. The van der Waals surface area contributed by atoms with Crippen molar-refractivity contribution in [3.8, 4) is 0 Å². The second-order valence-electron chi connectivity index (χ2n) is 0.885. The third kappa shape index (κ3) is 3.54. The molecule has 0 saturated carbocycles. The molecule has 0 radical (unpaired) electrons. The van der Waals surface area contributed by atoms with Crippen molar-refractivity contribution >= 4 is 0 Å². The van der Waals surface area contributed by atoms with Gasteiger partial charge in [-0.05, 0) is 12.1 Å². The summed E-state index contributed by atoms with van der Waals surface area (Å²) >= 11 is 0.125. The molecule has 0 aliphatic heterocycles. The number of nitrogens with one attached hydrogen (secondary N) is 1. The van der Waals surface area contributed by atoms with E-state index in [4.69, 9.17) is 3.57 Å². The van der Waals surface area contributed by atoms with Crippen LogP contribution in [0.4, 0.5) is 0 Å². The molecule has 2 nitrogen and oxygen atoms in total. The minimum Gasteiger partial charge on any atom is -0.368 e. The quantitative estimate of drug-likeness (QED) is 0.545. The fourth-order valence-corrected chi connectivity index (χ4v) is 0.278. The van der Waals surface area contributed by atoms with E-state index in [2.05, 4.69) is 4.98 Å². The van der Waals surface area contributed by atoms with Crippen molar-refractivity contribution in [2.24, 2.45) is 0 Å². The van der Waals surface area contributed by atoms with Crippen LogP contribution >= 0.6 is 0 Å². The van der Waals surface area contributed by atoms with E-state index in [0.29, 0.717) is 0 Å². The Labute approximate surface area is 51.9 Å². The zero-order valence-electron chi connectivity index (χ0n) is 3.92. The summed E-state index contributed by atoms with van der Waals surface area (Å²) in [6, 6.07) is 3.89. The topological polar surface area (TPSA) is 32.9 Å². The van der Waals surface area contributed by atoms with Gasteiger partial charge in [0, 0.05) is 12.4 Å².